The summed E-state index contributed by atoms with van der Waals surface area (Å²) in [6.45, 7) is -0.409. The molecule has 0 aliphatic rings. The predicted molar refractivity (Wildman–Crippen MR) is 76.1 cm³/mol. The Morgan fingerprint density at radius 1 is 1.15 bits per heavy atom. The number of aromatic hydroxyl groups is 1. The van der Waals surface area contributed by atoms with Gasteiger partial charge in [-0.25, -0.2) is 0 Å². The summed E-state index contributed by atoms with van der Waals surface area (Å²) in [6.07, 6.45) is 0.150. The van der Waals surface area contributed by atoms with Gasteiger partial charge in [-0.2, -0.15) is 11.3 Å². The lowest BCUT2D eigenvalue weighted by Crippen LogP contribution is -2.36. The number of phenolic OH excluding ortho intramolecular Hbond substituents is 1. The van der Waals surface area contributed by atoms with Crippen LogP contribution in [0.3, 0.4) is 0 Å². The Balaban J connectivity index is 2.20. The number of carbonyl (C=O) groups is 2. The monoisotopic (exact) mass is 291 g/mol. The van der Waals surface area contributed by atoms with Crippen LogP contribution < -0.4 is 4.90 Å². The average Bonchev–Trinajstić information content (AvgIpc) is 2.89. The van der Waals surface area contributed by atoms with E-state index in [1.165, 1.54) is 40.5 Å². The van der Waals surface area contributed by atoms with E-state index in [0.29, 0.717) is 5.69 Å². The minimum Gasteiger partial charge on any atom is -0.508 e. The third-order valence-electron chi connectivity index (χ3n) is 2.69. The minimum absolute atomic E-state index is 0.0642. The highest BCUT2D eigenvalue weighted by Crippen LogP contribution is 2.20. The molecule has 0 bridgehead atoms. The number of hydrogen-bond donors (Lipinski definition) is 2. The number of carboxylic acids is 1. The van der Waals surface area contributed by atoms with E-state index in [4.69, 9.17) is 5.11 Å². The van der Waals surface area contributed by atoms with Crippen molar-refractivity contribution in [3.63, 3.8) is 0 Å². The van der Waals surface area contributed by atoms with Crippen molar-refractivity contribution in [1.82, 2.24) is 0 Å². The van der Waals surface area contributed by atoms with Crippen LogP contribution in [0.2, 0.25) is 0 Å². The first-order valence-corrected chi connectivity index (χ1v) is 6.83. The summed E-state index contributed by atoms with van der Waals surface area (Å²) in [6, 6.07) is 7.70. The Morgan fingerprint density at radius 2 is 1.85 bits per heavy atom. The Bertz CT molecular complexity index is 592. The van der Waals surface area contributed by atoms with E-state index in [2.05, 4.69) is 0 Å². The number of carboxylic acid groups (broad SMARTS) is 1. The molecule has 20 heavy (non-hydrogen) atoms. The maximum Gasteiger partial charge on any atom is 0.323 e. The summed E-state index contributed by atoms with van der Waals surface area (Å²) < 4.78 is 0. The number of nitrogens with zero attached hydrogens (tertiary/aromatic N) is 1. The van der Waals surface area contributed by atoms with Gasteiger partial charge in [-0.05, 0) is 46.7 Å². The zero-order valence-electron chi connectivity index (χ0n) is 10.5. The SMILES string of the molecule is O=C(O)CN(C(=O)Cc1ccsc1)c1ccc(O)cc1. The smallest absolute Gasteiger partial charge is 0.323 e. The van der Waals surface area contributed by atoms with Crippen LogP contribution in [0.1, 0.15) is 5.56 Å². The minimum atomic E-state index is -1.09. The molecule has 2 aromatic rings. The van der Waals surface area contributed by atoms with Crippen LogP contribution in [0.25, 0.3) is 0 Å². The number of hydrogen-bond acceptors (Lipinski definition) is 4. The van der Waals surface area contributed by atoms with Gasteiger partial charge in [0.25, 0.3) is 0 Å². The quantitative estimate of drug-likeness (QED) is 0.884. The first-order chi connectivity index (χ1) is 9.56. The van der Waals surface area contributed by atoms with E-state index >= 15 is 0 Å². The number of phenols is 1. The van der Waals surface area contributed by atoms with E-state index in [1.54, 1.807) is 0 Å². The van der Waals surface area contributed by atoms with Gasteiger partial charge in [-0.1, -0.05) is 0 Å². The van der Waals surface area contributed by atoms with Gasteiger partial charge in [-0.15, -0.1) is 0 Å². The van der Waals surface area contributed by atoms with Gasteiger partial charge in [0.1, 0.15) is 12.3 Å². The van der Waals surface area contributed by atoms with E-state index in [9.17, 15) is 14.7 Å². The molecular formula is C14H13NO4S. The fourth-order valence-electron chi connectivity index (χ4n) is 1.75. The zero-order valence-corrected chi connectivity index (χ0v) is 11.3. The summed E-state index contributed by atoms with van der Waals surface area (Å²) in [5.41, 5.74) is 1.31. The number of anilines is 1. The number of aliphatic carboxylic acids is 1. The summed E-state index contributed by atoms with van der Waals surface area (Å²) in [5, 5.41) is 21.9. The van der Waals surface area contributed by atoms with Crippen molar-refractivity contribution >= 4 is 28.9 Å². The molecule has 5 nitrogen and oxygen atoms in total. The summed E-state index contributed by atoms with van der Waals surface area (Å²) in [5.74, 6) is -1.32. The summed E-state index contributed by atoms with van der Waals surface area (Å²) >= 11 is 1.48. The van der Waals surface area contributed by atoms with Gasteiger partial charge in [-0.3, -0.25) is 9.59 Å². The van der Waals surface area contributed by atoms with Crippen LogP contribution in [-0.4, -0.2) is 28.6 Å². The first kappa shape index (κ1) is 14.1. The maximum absolute atomic E-state index is 12.2. The van der Waals surface area contributed by atoms with Crippen molar-refractivity contribution in [1.29, 1.82) is 0 Å². The van der Waals surface area contributed by atoms with E-state index in [0.717, 1.165) is 5.56 Å². The van der Waals surface area contributed by atoms with Crippen LogP contribution >= 0.6 is 11.3 Å². The van der Waals surface area contributed by atoms with Crippen LogP contribution in [-0.2, 0) is 16.0 Å². The number of amides is 1. The predicted octanol–water partition coefficient (Wildman–Crippen LogP) is 2.11. The molecule has 0 radical (unpaired) electrons. The Labute approximate surface area is 119 Å². The van der Waals surface area contributed by atoms with E-state index in [-0.39, 0.29) is 18.1 Å². The lowest BCUT2D eigenvalue weighted by Gasteiger charge is -2.20. The lowest BCUT2D eigenvalue weighted by molar-refractivity contribution is -0.136. The van der Waals surface area contributed by atoms with Crippen molar-refractivity contribution in [3.05, 3.63) is 46.7 Å². The number of carbonyl (C=O) groups excluding carboxylic acids is 1. The maximum atomic E-state index is 12.2. The molecule has 0 aliphatic heterocycles. The number of benzene rings is 1. The van der Waals surface area contributed by atoms with Gasteiger partial charge in [0.15, 0.2) is 0 Å². The third kappa shape index (κ3) is 3.58. The van der Waals surface area contributed by atoms with Crippen LogP contribution in [0.5, 0.6) is 5.75 Å². The molecule has 2 rings (SSSR count). The molecule has 0 fully saturated rings. The number of thiophene rings is 1. The first-order valence-electron chi connectivity index (χ1n) is 5.88. The molecule has 104 valence electrons. The molecule has 1 aromatic carbocycles. The van der Waals surface area contributed by atoms with Crippen molar-refractivity contribution in [2.24, 2.45) is 0 Å². The fraction of sp³-hybridized carbons (Fsp3) is 0.143. The summed E-state index contributed by atoms with van der Waals surface area (Å²) in [4.78, 5) is 24.3. The number of rotatable bonds is 5. The Morgan fingerprint density at radius 3 is 2.40 bits per heavy atom. The van der Waals surface area contributed by atoms with Crippen molar-refractivity contribution in [2.45, 2.75) is 6.42 Å². The van der Waals surface area contributed by atoms with Gasteiger partial charge in [0.2, 0.25) is 5.91 Å². The highest BCUT2D eigenvalue weighted by Gasteiger charge is 2.19. The molecule has 1 amide bonds. The molecule has 0 unspecified atom stereocenters. The van der Waals surface area contributed by atoms with Crippen molar-refractivity contribution in [2.75, 3.05) is 11.4 Å². The molecule has 0 aliphatic carbocycles. The topological polar surface area (TPSA) is 77.8 Å². The van der Waals surface area contributed by atoms with E-state index < -0.39 is 12.5 Å². The highest BCUT2D eigenvalue weighted by molar-refractivity contribution is 7.08. The zero-order chi connectivity index (χ0) is 14.5. The summed E-state index contributed by atoms with van der Waals surface area (Å²) in [7, 11) is 0. The standard InChI is InChI=1S/C14H13NO4S/c16-12-3-1-11(2-4-12)15(8-14(18)19)13(17)7-10-5-6-20-9-10/h1-6,9,16H,7-8H2,(H,18,19). The Hall–Kier alpha value is -2.34. The van der Waals surface area contributed by atoms with Gasteiger partial charge >= 0.3 is 5.97 Å². The largest absolute Gasteiger partial charge is 0.508 e. The second-order valence-electron chi connectivity index (χ2n) is 4.20. The second-order valence-corrected chi connectivity index (χ2v) is 4.98. The second kappa shape index (κ2) is 6.21. The molecule has 0 spiro atoms. The fourth-order valence-corrected chi connectivity index (χ4v) is 2.42. The molecule has 0 saturated heterocycles. The third-order valence-corrected chi connectivity index (χ3v) is 3.42. The molecule has 2 N–H and O–H groups in total. The van der Waals surface area contributed by atoms with Crippen molar-refractivity contribution < 1.29 is 19.8 Å². The van der Waals surface area contributed by atoms with Gasteiger partial charge < -0.3 is 15.1 Å². The molecule has 1 heterocycles. The van der Waals surface area contributed by atoms with Crippen LogP contribution in [0, 0.1) is 0 Å². The van der Waals surface area contributed by atoms with Crippen LogP contribution in [0.15, 0.2) is 41.1 Å². The molecule has 0 saturated carbocycles. The Kier molecular flexibility index (Phi) is 4.37. The normalized spacial score (nSPS) is 10.2. The molecule has 6 heteroatoms. The van der Waals surface area contributed by atoms with Gasteiger partial charge in [0.05, 0.1) is 6.42 Å². The highest BCUT2D eigenvalue weighted by atomic mass is 32.1. The van der Waals surface area contributed by atoms with Gasteiger partial charge in [0, 0.05) is 5.69 Å². The van der Waals surface area contributed by atoms with E-state index in [1.807, 2.05) is 16.8 Å². The molecular weight excluding hydrogens is 278 g/mol. The van der Waals surface area contributed by atoms with Crippen LogP contribution in [0.4, 0.5) is 5.69 Å². The molecule has 1 aromatic heterocycles. The molecule has 0 atom stereocenters. The lowest BCUT2D eigenvalue weighted by atomic mass is 10.2. The average molecular weight is 291 g/mol. The van der Waals surface area contributed by atoms with Crippen molar-refractivity contribution in [3.8, 4) is 5.75 Å².